The third-order valence-corrected chi connectivity index (χ3v) is 2.68. The number of carbonyl (C=O) groups is 1. The van der Waals surface area contributed by atoms with Crippen molar-refractivity contribution in [3.8, 4) is 17.2 Å². The van der Waals surface area contributed by atoms with Gasteiger partial charge < -0.3 is 36.1 Å². The van der Waals surface area contributed by atoms with Crippen molar-refractivity contribution in [2.24, 2.45) is 27.2 Å². The number of esters is 1. The van der Waals surface area contributed by atoms with E-state index in [1.807, 2.05) is 0 Å². The molecule has 1 aromatic carbocycles. The van der Waals surface area contributed by atoms with E-state index < -0.39 is 5.97 Å². The molecule has 0 bridgehead atoms. The molecule has 0 heterocycles. The van der Waals surface area contributed by atoms with E-state index in [2.05, 4.69) is 9.98 Å². The predicted molar refractivity (Wildman–Crippen MR) is 84.5 cm³/mol. The number of benzene rings is 1. The minimum atomic E-state index is -0.680. The molecule has 10 nitrogen and oxygen atoms in total. The van der Waals surface area contributed by atoms with E-state index in [1.54, 1.807) is 0 Å². The van der Waals surface area contributed by atoms with Crippen LogP contribution in [0, 0.1) is 0 Å². The summed E-state index contributed by atoms with van der Waals surface area (Å²) in [6, 6.07) is 1.38. The largest absolute Gasteiger partial charge is 0.493 e. The molecule has 0 atom stereocenters. The fourth-order valence-corrected chi connectivity index (χ4v) is 1.79. The van der Waals surface area contributed by atoms with Crippen molar-refractivity contribution in [2.75, 3.05) is 28.4 Å². The van der Waals surface area contributed by atoms with E-state index in [-0.39, 0.29) is 40.4 Å². The highest BCUT2D eigenvalue weighted by Gasteiger charge is 2.25. The zero-order chi connectivity index (χ0) is 17.6. The summed E-state index contributed by atoms with van der Waals surface area (Å²) in [6.45, 7) is 0. The maximum Gasteiger partial charge on any atom is 0.340 e. The second kappa shape index (κ2) is 7.73. The van der Waals surface area contributed by atoms with Gasteiger partial charge in [0.15, 0.2) is 17.5 Å². The summed E-state index contributed by atoms with van der Waals surface area (Å²) in [4.78, 5) is 19.6. The number of carbonyl (C=O) groups excluding carboxylic acids is 1. The standard InChI is InChI=1S/C13H19N5O5/c1-20-7-5-6(11(19)23-4)8(10(22-3)9(7)21-2)17-13(16)18-12(14)15/h5H,1-4H3,(H6,14,15,16,17,18). The van der Waals surface area contributed by atoms with Gasteiger partial charge in [0.2, 0.25) is 11.7 Å². The lowest BCUT2D eigenvalue weighted by molar-refractivity contribution is 0.0601. The molecule has 0 fully saturated rings. The minimum absolute atomic E-state index is 0.0377. The molecule has 0 spiro atoms. The molecule has 0 aliphatic heterocycles. The normalized spacial score (nSPS) is 10.7. The van der Waals surface area contributed by atoms with Gasteiger partial charge in [-0.2, -0.15) is 4.99 Å². The zero-order valence-corrected chi connectivity index (χ0v) is 13.2. The predicted octanol–water partition coefficient (Wildman–Crippen LogP) is -0.281. The van der Waals surface area contributed by atoms with Gasteiger partial charge in [0.25, 0.3) is 0 Å². The first-order valence-electron chi connectivity index (χ1n) is 6.24. The van der Waals surface area contributed by atoms with Crippen LogP contribution in [0.4, 0.5) is 5.69 Å². The van der Waals surface area contributed by atoms with Crippen LogP contribution in [-0.2, 0) is 4.74 Å². The van der Waals surface area contributed by atoms with Gasteiger partial charge in [0, 0.05) is 6.07 Å². The first-order chi connectivity index (χ1) is 10.9. The van der Waals surface area contributed by atoms with Crippen LogP contribution < -0.4 is 31.4 Å². The number of ether oxygens (including phenoxy) is 4. The summed E-state index contributed by atoms with van der Waals surface area (Å²) in [5.74, 6) is -0.657. The molecule has 0 amide bonds. The first-order valence-corrected chi connectivity index (χ1v) is 6.24. The fourth-order valence-electron chi connectivity index (χ4n) is 1.79. The van der Waals surface area contributed by atoms with Gasteiger partial charge in [-0.1, -0.05) is 0 Å². The van der Waals surface area contributed by atoms with Crippen LogP contribution in [0.2, 0.25) is 0 Å². The van der Waals surface area contributed by atoms with Gasteiger partial charge in [0.05, 0.1) is 34.0 Å². The van der Waals surface area contributed by atoms with Crippen molar-refractivity contribution in [3.63, 3.8) is 0 Å². The van der Waals surface area contributed by atoms with E-state index in [9.17, 15) is 4.79 Å². The number of nitrogens with zero attached hydrogens (tertiary/aromatic N) is 2. The average Bonchev–Trinajstić information content (AvgIpc) is 2.52. The molecule has 23 heavy (non-hydrogen) atoms. The lowest BCUT2D eigenvalue weighted by atomic mass is 10.1. The van der Waals surface area contributed by atoms with Gasteiger partial charge in [0.1, 0.15) is 5.69 Å². The summed E-state index contributed by atoms with van der Waals surface area (Å²) in [5, 5.41) is 0. The average molecular weight is 325 g/mol. The lowest BCUT2D eigenvalue weighted by Gasteiger charge is -2.16. The molecule has 0 aromatic heterocycles. The molecular formula is C13H19N5O5. The molecule has 0 saturated carbocycles. The van der Waals surface area contributed by atoms with Gasteiger partial charge in [-0.15, -0.1) is 0 Å². The lowest BCUT2D eigenvalue weighted by Crippen LogP contribution is -2.26. The Morgan fingerprint density at radius 1 is 1.00 bits per heavy atom. The second-order valence-corrected chi connectivity index (χ2v) is 4.04. The molecule has 1 aromatic rings. The summed E-state index contributed by atoms with van der Waals surface area (Å²) in [5.41, 5.74) is 16.2. The van der Waals surface area contributed by atoms with E-state index in [0.29, 0.717) is 0 Å². The number of rotatable bonds is 5. The quantitative estimate of drug-likeness (QED) is 0.379. The van der Waals surface area contributed by atoms with E-state index in [1.165, 1.54) is 34.5 Å². The molecule has 0 aliphatic carbocycles. The molecule has 1 rings (SSSR count). The number of guanidine groups is 2. The highest BCUT2D eigenvalue weighted by Crippen LogP contribution is 2.46. The molecule has 126 valence electrons. The number of nitrogens with two attached hydrogens (primary N) is 3. The van der Waals surface area contributed by atoms with Crippen LogP contribution in [0.15, 0.2) is 16.1 Å². The highest BCUT2D eigenvalue weighted by molar-refractivity contribution is 6.01. The van der Waals surface area contributed by atoms with E-state index in [0.717, 1.165) is 0 Å². The third-order valence-electron chi connectivity index (χ3n) is 2.68. The minimum Gasteiger partial charge on any atom is -0.493 e. The maximum atomic E-state index is 12.0. The Balaban J connectivity index is 3.75. The number of aliphatic imine (C=N–C) groups is 2. The highest BCUT2D eigenvalue weighted by atomic mass is 16.5. The van der Waals surface area contributed by atoms with Crippen molar-refractivity contribution in [1.29, 1.82) is 0 Å². The maximum absolute atomic E-state index is 12.0. The van der Waals surface area contributed by atoms with Crippen molar-refractivity contribution < 1.29 is 23.7 Å². The Morgan fingerprint density at radius 2 is 1.61 bits per heavy atom. The molecule has 0 radical (unpaired) electrons. The molecule has 0 saturated heterocycles. The van der Waals surface area contributed by atoms with Crippen LogP contribution in [0.25, 0.3) is 0 Å². The Kier molecular flexibility index (Phi) is 6.01. The Bertz CT molecular complexity index is 653. The van der Waals surface area contributed by atoms with Crippen molar-refractivity contribution in [2.45, 2.75) is 0 Å². The summed E-state index contributed by atoms with van der Waals surface area (Å²) < 4.78 is 20.4. The Hall–Kier alpha value is -3.17. The summed E-state index contributed by atoms with van der Waals surface area (Å²) in [7, 11) is 5.41. The Labute approximate surface area is 132 Å². The van der Waals surface area contributed by atoms with Crippen LogP contribution in [-0.4, -0.2) is 46.3 Å². The number of hydrogen-bond donors (Lipinski definition) is 3. The second-order valence-electron chi connectivity index (χ2n) is 4.04. The summed E-state index contributed by atoms with van der Waals surface area (Å²) >= 11 is 0. The SMILES string of the molecule is COC(=O)c1cc(OC)c(OC)c(OC)c1N=C(N)N=C(N)N. The third kappa shape index (κ3) is 3.93. The molecule has 10 heteroatoms. The van der Waals surface area contributed by atoms with Crippen LogP contribution in [0.5, 0.6) is 17.2 Å². The van der Waals surface area contributed by atoms with Crippen LogP contribution in [0.3, 0.4) is 0 Å². The zero-order valence-electron chi connectivity index (χ0n) is 13.2. The topological polar surface area (TPSA) is 157 Å². The number of hydrogen-bond acceptors (Lipinski definition) is 6. The van der Waals surface area contributed by atoms with Gasteiger partial charge in [-0.25, -0.2) is 9.79 Å². The van der Waals surface area contributed by atoms with Crippen molar-refractivity contribution >= 4 is 23.6 Å². The molecule has 0 aliphatic rings. The number of methoxy groups -OCH3 is 4. The van der Waals surface area contributed by atoms with Gasteiger partial charge in [-0.3, -0.25) is 0 Å². The smallest absolute Gasteiger partial charge is 0.340 e. The van der Waals surface area contributed by atoms with Crippen molar-refractivity contribution in [3.05, 3.63) is 11.6 Å². The van der Waals surface area contributed by atoms with Gasteiger partial charge >= 0.3 is 5.97 Å². The Morgan fingerprint density at radius 3 is 2.04 bits per heavy atom. The van der Waals surface area contributed by atoms with E-state index >= 15 is 0 Å². The van der Waals surface area contributed by atoms with Crippen molar-refractivity contribution in [1.82, 2.24) is 0 Å². The fraction of sp³-hybridized carbons (Fsp3) is 0.308. The van der Waals surface area contributed by atoms with Crippen LogP contribution in [0.1, 0.15) is 10.4 Å². The first kappa shape index (κ1) is 17.9. The molecular weight excluding hydrogens is 306 g/mol. The summed E-state index contributed by atoms with van der Waals surface area (Å²) in [6.07, 6.45) is 0. The van der Waals surface area contributed by atoms with E-state index in [4.69, 9.17) is 36.1 Å². The molecule has 6 N–H and O–H groups in total. The van der Waals surface area contributed by atoms with Gasteiger partial charge in [-0.05, 0) is 0 Å². The molecule has 0 unspecified atom stereocenters. The van der Waals surface area contributed by atoms with Crippen LogP contribution >= 0.6 is 0 Å². The monoisotopic (exact) mass is 325 g/mol.